The standard InChI is InChI=1S/C14H18FN3O2/c1-2-16-13-10(5-3-6-11(13)15)14(20)18-8-4-7-17-12(19)9-18/h3,5-6,16H,2,4,7-9H2,1H3,(H,17,19). The lowest BCUT2D eigenvalue weighted by molar-refractivity contribution is -0.121. The van der Waals surface area contributed by atoms with E-state index in [2.05, 4.69) is 10.6 Å². The molecule has 0 spiro atoms. The summed E-state index contributed by atoms with van der Waals surface area (Å²) in [6.07, 6.45) is 0.698. The van der Waals surface area contributed by atoms with Crippen LogP contribution in [0.5, 0.6) is 0 Å². The Morgan fingerprint density at radius 2 is 2.30 bits per heavy atom. The minimum atomic E-state index is -0.461. The third kappa shape index (κ3) is 3.07. The van der Waals surface area contributed by atoms with E-state index < -0.39 is 5.82 Å². The van der Waals surface area contributed by atoms with Gasteiger partial charge in [0.2, 0.25) is 5.91 Å². The van der Waals surface area contributed by atoms with E-state index in [1.807, 2.05) is 6.92 Å². The molecule has 5 nitrogen and oxygen atoms in total. The van der Waals surface area contributed by atoms with E-state index in [1.54, 1.807) is 6.07 Å². The van der Waals surface area contributed by atoms with Gasteiger partial charge in [-0.2, -0.15) is 0 Å². The van der Waals surface area contributed by atoms with Crippen molar-refractivity contribution in [3.05, 3.63) is 29.6 Å². The Morgan fingerprint density at radius 1 is 1.50 bits per heavy atom. The Hall–Kier alpha value is -2.11. The van der Waals surface area contributed by atoms with Gasteiger partial charge in [0.1, 0.15) is 5.82 Å². The summed E-state index contributed by atoms with van der Waals surface area (Å²) in [5, 5.41) is 5.58. The molecule has 20 heavy (non-hydrogen) atoms. The van der Waals surface area contributed by atoms with Gasteiger partial charge in [0.15, 0.2) is 0 Å². The van der Waals surface area contributed by atoms with Crippen LogP contribution < -0.4 is 10.6 Å². The monoisotopic (exact) mass is 279 g/mol. The SMILES string of the molecule is CCNc1c(F)cccc1C(=O)N1CCCNC(=O)C1. The van der Waals surface area contributed by atoms with E-state index in [1.165, 1.54) is 17.0 Å². The van der Waals surface area contributed by atoms with Crippen LogP contribution in [0.25, 0.3) is 0 Å². The Morgan fingerprint density at radius 3 is 3.05 bits per heavy atom. The normalized spacial score (nSPS) is 15.5. The minimum Gasteiger partial charge on any atom is -0.382 e. The van der Waals surface area contributed by atoms with Gasteiger partial charge in [-0.1, -0.05) is 6.07 Å². The van der Waals surface area contributed by atoms with E-state index in [0.29, 0.717) is 26.1 Å². The van der Waals surface area contributed by atoms with Crippen LogP contribution in [0.1, 0.15) is 23.7 Å². The predicted octanol–water partition coefficient (Wildman–Crippen LogP) is 1.22. The molecular formula is C14H18FN3O2. The van der Waals surface area contributed by atoms with Crippen molar-refractivity contribution in [3.8, 4) is 0 Å². The van der Waals surface area contributed by atoms with Crippen LogP contribution >= 0.6 is 0 Å². The van der Waals surface area contributed by atoms with Crippen LogP contribution in [-0.4, -0.2) is 42.9 Å². The van der Waals surface area contributed by atoms with Gasteiger partial charge in [-0.15, -0.1) is 0 Å². The maximum atomic E-state index is 13.8. The third-order valence-electron chi connectivity index (χ3n) is 3.15. The molecule has 1 fully saturated rings. The van der Waals surface area contributed by atoms with Crippen LogP contribution in [0.4, 0.5) is 10.1 Å². The van der Waals surface area contributed by atoms with Crippen LogP contribution in [0.15, 0.2) is 18.2 Å². The molecule has 0 saturated carbocycles. The van der Waals surface area contributed by atoms with Crippen molar-refractivity contribution in [2.75, 3.05) is 31.5 Å². The first-order valence-corrected chi connectivity index (χ1v) is 6.72. The molecule has 1 heterocycles. The van der Waals surface area contributed by atoms with Crippen molar-refractivity contribution in [2.45, 2.75) is 13.3 Å². The number of rotatable bonds is 3. The summed E-state index contributed by atoms with van der Waals surface area (Å²) in [7, 11) is 0. The summed E-state index contributed by atoms with van der Waals surface area (Å²) in [6, 6.07) is 4.39. The number of nitrogens with one attached hydrogen (secondary N) is 2. The highest BCUT2D eigenvalue weighted by Crippen LogP contribution is 2.21. The highest BCUT2D eigenvalue weighted by atomic mass is 19.1. The predicted molar refractivity (Wildman–Crippen MR) is 74.1 cm³/mol. The van der Waals surface area contributed by atoms with E-state index in [-0.39, 0.29) is 29.6 Å². The molecule has 0 aliphatic carbocycles. The number of hydrogen-bond acceptors (Lipinski definition) is 3. The summed E-state index contributed by atoms with van der Waals surface area (Å²) in [5.74, 6) is -0.966. The van der Waals surface area contributed by atoms with E-state index in [4.69, 9.17) is 0 Å². The van der Waals surface area contributed by atoms with Crippen LogP contribution in [0.2, 0.25) is 0 Å². The van der Waals surface area contributed by atoms with Gasteiger partial charge in [0, 0.05) is 19.6 Å². The lowest BCUT2D eigenvalue weighted by Crippen LogP contribution is -2.37. The van der Waals surface area contributed by atoms with Crippen LogP contribution in [0, 0.1) is 5.82 Å². The van der Waals surface area contributed by atoms with Gasteiger partial charge in [-0.25, -0.2) is 4.39 Å². The average Bonchev–Trinajstić information content (AvgIpc) is 2.65. The van der Waals surface area contributed by atoms with Gasteiger partial charge in [-0.3, -0.25) is 9.59 Å². The van der Waals surface area contributed by atoms with E-state index in [9.17, 15) is 14.0 Å². The number of carbonyl (C=O) groups is 2. The first-order valence-electron chi connectivity index (χ1n) is 6.72. The largest absolute Gasteiger partial charge is 0.382 e. The molecule has 2 N–H and O–H groups in total. The van der Waals surface area contributed by atoms with Crippen molar-refractivity contribution in [1.82, 2.24) is 10.2 Å². The van der Waals surface area contributed by atoms with Crippen molar-refractivity contribution in [2.24, 2.45) is 0 Å². The number of hydrogen-bond donors (Lipinski definition) is 2. The smallest absolute Gasteiger partial charge is 0.256 e. The first kappa shape index (κ1) is 14.3. The molecule has 0 aromatic heterocycles. The van der Waals surface area contributed by atoms with Gasteiger partial charge in [0.25, 0.3) is 5.91 Å². The first-order chi connectivity index (χ1) is 9.63. The molecule has 1 aliphatic rings. The van der Waals surface area contributed by atoms with E-state index >= 15 is 0 Å². The highest BCUT2D eigenvalue weighted by Gasteiger charge is 2.24. The zero-order valence-electron chi connectivity index (χ0n) is 11.4. The zero-order chi connectivity index (χ0) is 14.5. The number of benzene rings is 1. The minimum absolute atomic E-state index is 0.0148. The van der Waals surface area contributed by atoms with Crippen molar-refractivity contribution >= 4 is 17.5 Å². The molecular weight excluding hydrogens is 261 g/mol. The molecule has 2 amide bonds. The molecule has 0 bridgehead atoms. The second-order valence-corrected chi connectivity index (χ2v) is 4.62. The molecule has 1 aliphatic heterocycles. The van der Waals surface area contributed by atoms with Crippen molar-refractivity contribution < 1.29 is 14.0 Å². The third-order valence-corrected chi connectivity index (χ3v) is 3.15. The number of para-hydroxylation sites is 1. The fourth-order valence-corrected chi connectivity index (χ4v) is 2.21. The summed E-state index contributed by atoms with van der Waals surface area (Å²) >= 11 is 0. The van der Waals surface area contributed by atoms with Gasteiger partial charge >= 0.3 is 0 Å². The number of halogens is 1. The molecule has 2 rings (SSSR count). The Balaban J connectivity index is 2.28. The Labute approximate surface area is 117 Å². The molecule has 108 valence electrons. The van der Waals surface area contributed by atoms with Crippen molar-refractivity contribution in [3.63, 3.8) is 0 Å². The Kier molecular flexibility index (Phi) is 4.55. The lowest BCUT2D eigenvalue weighted by atomic mass is 10.1. The second-order valence-electron chi connectivity index (χ2n) is 4.62. The van der Waals surface area contributed by atoms with Crippen LogP contribution in [-0.2, 0) is 4.79 Å². The summed E-state index contributed by atoms with van der Waals surface area (Å²) in [6.45, 7) is 3.41. The number of nitrogens with zero attached hydrogens (tertiary/aromatic N) is 1. The molecule has 6 heteroatoms. The maximum Gasteiger partial charge on any atom is 0.256 e. The summed E-state index contributed by atoms with van der Waals surface area (Å²) < 4.78 is 13.8. The molecule has 0 unspecified atom stereocenters. The number of carbonyl (C=O) groups excluding carboxylic acids is 2. The molecule has 0 atom stereocenters. The zero-order valence-corrected chi connectivity index (χ0v) is 11.4. The van der Waals surface area contributed by atoms with Crippen molar-refractivity contribution in [1.29, 1.82) is 0 Å². The van der Waals surface area contributed by atoms with Gasteiger partial charge in [-0.05, 0) is 25.5 Å². The molecule has 1 saturated heterocycles. The fourth-order valence-electron chi connectivity index (χ4n) is 2.21. The topological polar surface area (TPSA) is 61.4 Å². The summed E-state index contributed by atoms with van der Waals surface area (Å²) in [4.78, 5) is 25.5. The Bertz CT molecular complexity index is 519. The molecule has 1 aromatic rings. The highest BCUT2D eigenvalue weighted by molar-refractivity contribution is 6.01. The lowest BCUT2D eigenvalue weighted by Gasteiger charge is -2.21. The molecule has 0 radical (unpaired) electrons. The quantitative estimate of drug-likeness (QED) is 0.874. The molecule has 1 aromatic carbocycles. The van der Waals surface area contributed by atoms with E-state index in [0.717, 1.165) is 0 Å². The van der Waals surface area contributed by atoms with Gasteiger partial charge in [0.05, 0.1) is 17.8 Å². The number of anilines is 1. The van der Waals surface area contributed by atoms with Crippen LogP contribution in [0.3, 0.4) is 0 Å². The summed E-state index contributed by atoms with van der Waals surface area (Å²) in [5.41, 5.74) is 0.464. The second kappa shape index (κ2) is 6.36. The number of amides is 2. The fraction of sp³-hybridized carbons (Fsp3) is 0.429. The maximum absolute atomic E-state index is 13.8. The average molecular weight is 279 g/mol. The van der Waals surface area contributed by atoms with Gasteiger partial charge < -0.3 is 15.5 Å².